The van der Waals surface area contributed by atoms with Gasteiger partial charge >= 0.3 is 0 Å². The van der Waals surface area contributed by atoms with Gasteiger partial charge in [0.1, 0.15) is 0 Å². The first-order chi connectivity index (χ1) is 8.72. The van der Waals surface area contributed by atoms with Gasteiger partial charge in [-0.1, -0.05) is 25.1 Å². The monoisotopic (exact) mass is 248 g/mol. The molecule has 2 rings (SSSR count). The number of para-hydroxylation sites is 1. The predicted octanol–water partition coefficient (Wildman–Crippen LogP) is 2.15. The van der Waals surface area contributed by atoms with E-state index in [0.717, 1.165) is 13.1 Å². The molecule has 0 fully saturated rings. The maximum atomic E-state index is 9.14. The fourth-order valence-corrected chi connectivity index (χ4v) is 2.36. The van der Waals surface area contributed by atoms with Gasteiger partial charge in [0, 0.05) is 31.4 Å². The van der Waals surface area contributed by atoms with Crippen LogP contribution in [-0.2, 0) is 13.0 Å². The smallest absolute Gasteiger partial charge is 0.0471 e. The SMILES string of the molecule is CC(CO)C(C)NCc1cccc2c1NCCC2. The molecule has 18 heavy (non-hydrogen) atoms. The number of aliphatic hydroxyl groups excluding tert-OH is 1. The van der Waals surface area contributed by atoms with Crippen molar-refractivity contribution in [1.29, 1.82) is 0 Å². The summed E-state index contributed by atoms with van der Waals surface area (Å²) in [7, 11) is 0. The highest BCUT2D eigenvalue weighted by molar-refractivity contribution is 5.59. The van der Waals surface area contributed by atoms with Gasteiger partial charge in [0.15, 0.2) is 0 Å². The summed E-state index contributed by atoms with van der Waals surface area (Å²) < 4.78 is 0. The second-order valence-electron chi connectivity index (χ2n) is 5.31. The van der Waals surface area contributed by atoms with Gasteiger partial charge in [-0.05, 0) is 36.8 Å². The van der Waals surface area contributed by atoms with Gasteiger partial charge in [-0.25, -0.2) is 0 Å². The number of aryl methyl sites for hydroxylation is 1. The Labute approximate surface area is 110 Å². The van der Waals surface area contributed by atoms with Crippen molar-refractivity contribution in [2.24, 2.45) is 5.92 Å². The predicted molar refractivity (Wildman–Crippen MR) is 75.8 cm³/mol. The maximum absolute atomic E-state index is 9.14. The van der Waals surface area contributed by atoms with Crippen LogP contribution in [0.25, 0.3) is 0 Å². The fraction of sp³-hybridized carbons (Fsp3) is 0.600. The van der Waals surface area contributed by atoms with E-state index >= 15 is 0 Å². The Bertz CT molecular complexity index is 392. The quantitative estimate of drug-likeness (QED) is 0.748. The van der Waals surface area contributed by atoms with Crippen molar-refractivity contribution in [2.75, 3.05) is 18.5 Å². The van der Waals surface area contributed by atoms with Crippen LogP contribution in [0.5, 0.6) is 0 Å². The summed E-state index contributed by atoms with van der Waals surface area (Å²) in [6, 6.07) is 6.86. The number of benzene rings is 1. The average Bonchev–Trinajstić information content (AvgIpc) is 2.43. The van der Waals surface area contributed by atoms with Gasteiger partial charge in [0.25, 0.3) is 0 Å². The molecule has 1 aliphatic rings. The molecule has 0 amide bonds. The van der Waals surface area contributed by atoms with Gasteiger partial charge in [0.05, 0.1) is 0 Å². The third-order valence-corrected chi connectivity index (χ3v) is 3.92. The largest absolute Gasteiger partial charge is 0.396 e. The van der Waals surface area contributed by atoms with E-state index in [1.807, 2.05) is 0 Å². The highest BCUT2D eigenvalue weighted by Gasteiger charge is 2.14. The lowest BCUT2D eigenvalue weighted by atomic mass is 9.98. The van der Waals surface area contributed by atoms with E-state index in [-0.39, 0.29) is 12.5 Å². The molecule has 1 heterocycles. The first-order valence-electron chi connectivity index (χ1n) is 6.91. The number of nitrogens with one attached hydrogen (secondary N) is 2. The van der Waals surface area contributed by atoms with Gasteiger partial charge in [0.2, 0.25) is 0 Å². The summed E-state index contributed by atoms with van der Waals surface area (Å²) in [5.74, 6) is 0.289. The van der Waals surface area contributed by atoms with Crippen LogP contribution in [0.1, 0.15) is 31.4 Å². The standard InChI is InChI=1S/C15H24N2O/c1-11(10-18)12(2)17-9-14-6-3-5-13-7-4-8-16-15(13)14/h3,5-6,11-12,16-18H,4,7-10H2,1-2H3. The van der Waals surface area contributed by atoms with Crippen LogP contribution in [0.15, 0.2) is 18.2 Å². The molecule has 3 nitrogen and oxygen atoms in total. The Kier molecular flexibility index (Phi) is 4.61. The maximum Gasteiger partial charge on any atom is 0.0471 e. The number of fused-ring (bicyclic) bond motifs is 1. The van der Waals surface area contributed by atoms with E-state index < -0.39 is 0 Å². The molecule has 2 unspecified atom stereocenters. The number of hydrogen-bond acceptors (Lipinski definition) is 3. The summed E-state index contributed by atoms with van der Waals surface area (Å²) in [6.07, 6.45) is 2.40. The van der Waals surface area contributed by atoms with Crippen molar-refractivity contribution < 1.29 is 5.11 Å². The van der Waals surface area contributed by atoms with Crippen LogP contribution < -0.4 is 10.6 Å². The van der Waals surface area contributed by atoms with Crippen molar-refractivity contribution in [3.63, 3.8) is 0 Å². The summed E-state index contributed by atoms with van der Waals surface area (Å²) in [4.78, 5) is 0. The second-order valence-corrected chi connectivity index (χ2v) is 5.31. The molecule has 0 aliphatic carbocycles. The Morgan fingerprint density at radius 2 is 2.22 bits per heavy atom. The highest BCUT2D eigenvalue weighted by Crippen LogP contribution is 2.26. The van der Waals surface area contributed by atoms with Crippen LogP contribution in [0.2, 0.25) is 0 Å². The third kappa shape index (κ3) is 3.03. The third-order valence-electron chi connectivity index (χ3n) is 3.92. The van der Waals surface area contributed by atoms with E-state index in [0.29, 0.717) is 6.04 Å². The Morgan fingerprint density at radius 1 is 1.39 bits per heavy atom. The highest BCUT2D eigenvalue weighted by atomic mass is 16.3. The summed E-state index contributed by atoms with van der Waals surface area (Å²) >= 11 is 0. The minimum Gasteiger partial charge on any atom is -0.396 e. The molecule has 1 aromatic carbocycles. The zero-order valence-electron chi connectivity index (χ0n) is 11.4. The Balaban J connectivity index is 2.01. The summed E-state index contributed by atoms with van der Waals surface area (Å²) in [5.41, 5.74) is 4.09. The lowest BCUT2D eigenvalue weighted by Gasteiger charge is -2.24. The van der Waals surface area contributed by atoms with Gasteiger partial charge in [-0.15, -0.1) is 0 Å². The zero-order valence-corrected chi connectivity index (χ0v) is 11.4. The Hall–Kier alpha value is -1.06. The summed E-state index contributed by atoms with van der Waals surface area (Å²) in [5, 5.41) is 16.2. The molecule has 0 bridgehead atoms. The molecule has 100 valence electrons. The van der Waals surface area contributed by atoms with E-state index in [2.05, 4.69) is 42.7 Å². The molecule has 3 heteroatoms. The van der Waals surface area contributed by atoms with E-state index in [1.54, 1.807) is 0 Å². The average molecular weight is 248 g/mol. The van der Waals surface area contributed by atoms with E-state index in [1.165, 1.54) is 29.7 Å². The molecule has 0 saturated heterocycles. The normalized spacial score (nSPS) is 17.7. The number of aliphatic hydroxyl groups is 1. The lowest BCUT2D eigenvalue weighted by molar-refractivity contribution is 0.207. The molecule has 2 atom stereocenters. The number of rotatable bonds is 5. The minimum atomic E-state index is 0.235. The Morgan fingerprint density at radius 3 is 3.00 bits per heavy atom. The molecule has 0 spiro atoms. The van der Waals surface area contributed by atoms with Crippen LogP contribution in [0, 0.1) is 5.92 Å². The molecule has 0 saturated carbocycles. The number of anilines is 1. The topological polar surface area (TPSA) is 44.3 Å². The summed E-state index contributed by atoms with van der Waals surface area (Å²) in [6.45, 7) is 6.37. The first kappa shape index (κ1) is 13.4. The minimum absolute atomic E-state index is 0.235. The molecule has 0 aromatic heterocycles. The lowest BCUT2D eigenvalue weighted by Crippen LogP contribution is -2.33. The van der Waals surface area contributed by atoms with Crippen LogP contribution in [0.3, 0.4) is 0 Å². The molecular weight excluding hydrogens is 224 g/mol. The first-order valence-corrected chi connectivity index (χ1v) is 6.91. The van der Waals surface area contributed by atoms with Gasteiger partial charge < -0.3 is 15.7 Å². The second kappa shape index (κ2) is 6.21. The number of hydrogen-bond donors (Lipinski definition) is 3. The van der Waals surface area contributed by atoms with Gasteiger partial charge in [-0.2, -0.15) is 0 Å². The molecule has 1 aliphatic heterocycles. The van der Waals surface area contributed by atoms with Gasteiger partial charge in [-0.3, -0.25) is 0 Å². The van der Waals surface area contributed by atoms with Crippen molar-refractivity contribution in [3.05, 3.63) is 29.3 Å². The fourth-order valence-electron chi connectivity index (χ4n) is 2.36. The molecule has 0 radical (unpaired) electrons. The zero-order chi connectivity index (χ0) is 13.0. The van der Waals surface area contributed by atoms with Crippen LogP contribution >= 0.6 is 0 Å². The van der Waals surface area contributed by atoms with Crippen molar-refractivity contribution in [3.8, 4) is 0 Å². The molecule has 3 N–H and O–H groups in total. The van der Waals surface area contributed by atoms with E-state index in [9.17, 15) is 0 Å². The van der Waals surface area contributed by atoms with Crippen LogP contribution in [0.4, 0.5) is 5.69 Å². The van der Waals surface area contributed by atoms with E-state index in [4.69, 9.17) is 5.11 Å². The van der Waals surface area contributed by atoms with Crippen molar-refractivity contribution >= 4 is 5.69 Å². The van der Waals surface area contributed by atoms with Crippen molar-refractivity contribution in [1.82, 2.24) is 5.32 Å². The molecule has 1 aromatic rings. The van der Waals surface area contributed by atoms with Crippen molar-refractivity contribution in [2.45, 2.75) is 39.3 Å². The van der Waals surface area contributed by atoms with Crippen LogP contribution in [-0.4, -0.2) is 24.3 Å². The molecular formula is C15H24N2O.